The summed E-state index contributed by atoms with van der Waals surface area (Å²) in [5, 5.41) is 3.72. The average Bonchev–Trinajstić information content (AvgIpc) is 3.35. The number of aliphatic imine (C=N–C) groups is 1. The van der Waals surface area contributed by atoms with Crippen LogP contribution in [-0.2, 0) is 0 Å². The molecule has 0 bridgehead atoms. The zero-order chi connectivity index (χ0) is 23.6. The van der Waals surface area contributed by atoms with Crippen LogP contribution in [0.5, 0.6) is 0 Å². The highest BCUT2D eigenvalue weighted by Gasteiger charge is 2.13. The van der Waals surface area contributed by atoms with Gasteiger partial charge in [-0.1, -0.05) is 95.2 Å². The summed E-state index contributed by atoms with van der Waals surface area (Å²) in [6.07, 6.45) is 23.2. The lowest BCUT2D eigenvalue weighted by atomic mass is 9.90. The van der Waals surface area contributed by atoms with Gasteiger partial charge >= 0.3 is 0 Å². The molecular formula is C30H38N4. The van der Waals surface area contributed by atoms with E-state index in [4.69, 9.17) is 0 Å². The first-order valence-electron chi connectivity index (χ1n) is 12.9. The molecule has 1 aliphatic rings. The van der Waals surface area contributed by atoms with Crippen LogP contribution >= 0.6 is 0 Å². The quantitative estimate of drug-likeness (QED) is 0.351. The predicted octanol–water partition coefficient (Wildman–Crippen LogP) is 7.90. The molecule has 4 rings (SSSR count). The number of nitrogens with one attached hydrogen (secondary N) is 1. The number of nitrogens with zero attached hydrogens (tertiary/aromatic N) is 3. The molecule has 3 aromatic rings. The van der Waals surface area contributed by atoms with Crippen molar-refractivity contribution in [1.82, 2.24) is 9.38 Å². The first-order chi connectivity index (χ1) is 16.8. The first kappa shape index (κ1) is 24.0. The lowest BCUT2D eigenvalue weighted by molar-refractivity contribution is 0.375. The van der Waals surface area contributed by atoms with Gasteiger partial charge in [0.25, 0.3) is 0 Å². The normalized spacial score (nSPS) is 16.0. The molecule has 0 radical (unpaired) electrons. The smallest absolute Gasteiger partial charge is 0.160 e. The Kier molecular flexibility index (Phi) is 8.72. The number of pyridine rings is 1. The van der Waals surface area contributed by atoms with Crippen molar-refractivity contribution >= 4 is 23.1 Å². The van der Waals surface area contributed by atoms with Gasteiger partial charge in [0.1, 0.15) is 0 Å². The van der Waals surface area contributed by atoms with Crippen molar-refractivity contribution in [3.63, 3.8) is 0 Å². The monoisotopic (exact) mass is 454 g/mol. The van der Waals surface area contributed by atoms with Gasteiger partial charge < -0.3 is 9.72 Å². The molecule has 1 fully saturated rings. The second-order valence-electron chi connectivity index (χ2n) is 9.46. The molecule has 4 heteroatoms. The molecule has 0 unspecified atom stereocenters. The zero-order valence-electron chi connectivity index (χ0n) is 20.4. The molecule has 4 nitrogen and oxygen atoms in total. The summed E-state index contributed by atoms with van der Waals surface area (Å²) in [5.74, 6) is 0.829. The summed E-state index contributed by atoms with van der Waals surface area (Å²) in [6, 6.07) is 10.4. The molecule has 0 atom stereocenters. The van der Waals surface area contributed by atoms with Gasteiger partial charge in [0, 0.05) is 48.7 Å². The number of hydrogen-bond donors (Lipinski definition) is 1. The van der Waals surface area contributed by atoms with Crippen molar-refractivity contribution in [3.8, 4) is 0 Å². The van der Waals surface area contributed by atoms with Gasteiger partial charge in [0.2, 0.25) is 0 Å². The van der Waals surface area contributed by atoms with Crippen LogP contribution in [0.2, 0.25) is 0 Å². The summed E-state index contributed by atoms with van der Waals surface area (Å²) in [7, 11) is 0. The summed E-state index contributed by atoms with van der Waals surface area (Å²) in [5.41, 5.74) is 6.18. The number of fused-ring (bicyclic) bond motifs is 1. The zero-order valence-corrected chi connectivity index (χ0v) is 20.4. The fraction of sp³-hybridized carbons (Fsp3) is 0.400. The van der Waals surface area contributed by atoms with E-state index in [1.54, 1.807) is 6.20 Å². The maximum Gasteiger partial charge on any atom is 0.160 e. The predicted molar refractivity (Wildman–Crippen MR) is 146 cm³/mol. The minimum absolute atomic E-state index is 0.829. The van der Waals surface area contributed by atoms with Crippen molar-refractivity contribution in [1.29, 1.82) is 0 Å². The molecular weight excluding hydrogens is 416 g/mol. The lowest BCUT2D eigenvalue weighted by Crippen LogP contribution is -2.11. The Balaban J connectivity index is 1.50. The topological polar surface area (TPSA) is 41.7 Å². The number of hydrogen-bond acceptors (Lipinski definition) is 3. The fourth-order valence-electron chi connectivity index (χ4n) is 5.09. The Morgan fingerprint density at radius 1 is 1.09 bits per heavy atom. The van der Waals surface area contributed by atoms with Gasteiger partial charge in [0.05, 0.1) is 5.69 Å². The van der Waals surface area contributed by atoms with Crippen LogP contribution in [0, 0.1) is 5.92 Å². The molecule has 0 spiro atoms. The molecule has 0 saturated heterocycles. The van der Waals surface area contributed by atoms with Crippen LogP contribution in [0.15, 0.2) is 73.3 Å². The van der Waals surface area contributed by atoms with Gasteiger partial charge in [-0.3, -0.25) is 4.99 Å². The molecule has 0 aliphatic heterocycles. The number of anilines is 1. The minimum atomic E-state index is 0.829. The van der Waals surface area contributed by atoms with Crippen LogP contribution in [0.3, 0.4) is 0 Å². The van der Waals surface area contributed by atoms with E-state index in [0.29, 0.717) is 0 Å². The number of imidazole rings is 1. The van der Waals surface area contributed by atoms with Crippen LogP contribution in [0.4, 0.5) is 5.69 Å². The van der Waals surface area contributed by atoms with E-state index in [1.807, 2.05) is 30.7 Å². The SMILES string of the molecule is C=CN=Cc1ccccc1C(=C)c1cc(NCCC2CCCCCCCCC2)c2nccn2c1. The lowest BCUT2D eigenvalue weighted by Gasteiger charge is -2.19. The summed E-state index contributed by atoms with van der Waals surface area (Å²) < 4.78 is 2.09. The van der Waals surface area contributed by atoms with Crippen LogP contribution in [0.25, 0.3) is 11.2 Å². The Morgan fingerprint density at radius 2 is 1.82 bits per heavy atom. The molecule has 2 aromatic heterocycles. The molecule has 1 N–H and O–H groups in total. The van der Waals surface area contributed by atoms with E-state index >= 15 is 0 Å². The molecule has 34 heavy (non-hydrogen) atoms. The molecule has 0 amide bonds. The highest BCUT2D eigenvalue weighted by atomic mass is 15.0. The van der Waals surface area contributed by atoms with Gasteiger partial charge in [-0.15, -0.1) is 0 Å². The van der Waals surface area contributed by atoms with Crippen molar-refractivity contribution in [3.05, 3.63) is 85.0 Å². The standard InChI is InChI=1S/C30H38N4/c1-3-31-22-26-15-11-12-16-28(26)24(2)27-21-29(30-33-19-20-34(30)23-27)32-18-17-25-13-9-7-5-4-6-8-10-14-25/h3,11-12,15-16,19-23,25,32H,1-2,4-10,13-14,17-18H2. The van der Waals surface area contributed by atoms with E-state index in [1.165, 1.54) is 64.2 Å². The van der Waals surface area contributed by atoms with E-state index in [0.717, 1.165) is 46.1 Å². The maximum atomic E-state index is 4.60. The highest BCUT2D eigenvalue weighted by molar-refractivity contribution is 5.93. The molecule has 1 aliphatic carbocycles. The second-order valence-corrected chi connectivity index (χ2v) is 9.46. The van der Waals surface area contributed by atoms with Crippen molar-refractivity contribution in [2.45, 2.75) is 64.2 Å². The first-order valence-corrected chi connectivity index (χ1v) is 12.9. The second kappa shape index (κ2) is 12.4. The average molecular weight is 455 g/mol. The summed E-state index contributed by atoms with van der Waals surface area (Å²) >= 11 is 0. The third kappa shape index (κ3) is 6.25. The third-order valence-corrected chi connectivity index (χ3v) is 7.03. The van der Waals surface area contributed by atoms with Crippen molar-refractivity contribution in [2.75, 3.05) is 11.9 Å². The molecule has 178 valence electrons. The molecule has 1 aromatic carbocycles. The Hall–Kier alpha value is -3.14. The maximum absolute atomic E-state index is 4.60. The Morgan fingerprint density at radius 3 is 2.59 bits per heavy atom. The number of benzene rings is 1. The van der Waals surface area contributed by atoms with Crippen molar-refractivity contribution < 1.29 is 0 Å². The number of rotatable bonds is 8. The van der Waals surface area contributed by atoms with E-state index in [9.17, 15) is 0 Å². The van der Waals surface area contributed by atoms with Gasteiger partial charge in [-0.2, -0.15) is 0 Å². The third-order valence-electron chi connectivity index (χ3n) is 7.03. The minimum Gasteiger partial charge on any atom is -0.382 e. The van der Waals surface area contributed by atoms with Gasteiger partial charge in [-0.25, -0.2) is 4.98 Å². The summed E-state index contributed by atoms with van der Waals surface area (Å²) in [4.78, 5) is 8.82. The van der Waals surface area contributed by atoms with Crippen molar-refractivity contribution in [2.24, 2.45) is 10.9 Å². The van der Waals surface area contributed by atoms with E-state index in [2.05, 4.69) is 57.2 Å². The largest absolute Gasteiger partial charge is 0.382 e. The van der Waals surface area contributed by atoms with E-state index in [-0.39, 0.29) is 0 Å². The number of aromatic nitrogens is 2. The Bertz CT molecular complexity index is 1110. The molecule has 1 saturated carbocycles. The van der Waals surface area contributed by atoms with E-state index < -0.39 is 0 Å². The van der Waals surface area contributed by atoms with Gasteiger partial charge in [-0.05, 0) is 29.5 Å². The summed E-state index contributed by atoms with van der Waals surface area (Å²) in [6.45, 7) is 9.10. The van der Waals surface area contributed by atoms with Crippen LogP contribution in [-0.4, -0.2) is 22.1 Å². The fourth-order valence-corrected chi connectivity index (χ4v) is 5.09. The Labute approximate surface area is 204 Å². The molecule has 2 heterocycles. The van der Waals surface area contributed by atoms with Gasteiger partial charge in [0.15, 0.2) is 5.65 Å². The van der Waals surface area contributed by atoms with Crippen LogP contribution < -0.4 is 5.32 Å². The van der Waals surface area contributed by atoms with Crippen LogP contribution in [0.1, 0.15) is 80.9 Å². The highest BCUT2D eigenvalue weighted by Crippen LogP contribution is 2.29.